The summed E-state index contributed by atoms with van der Waals surface area (Å²) >= 11 is 3.00. The zero-order valence-corrected chi connectivity index (χ0v) is 19.0. The first-order chi connectivity index (χ1) is 15.6. The molecule has 2 heterocycles. The highest BCUT2D eigenvalue weighted by Crippen LogP contribution is 2.27. The third-order valence-electron chi connectivity index (χ3n) is 4.59. The number of ether oxygens (including phenoxy) is 2. The molecule has 0 radical (unpaired) electrons. The lowest BCUT2D eigenvalue weighted by atomic mass is 10.2. The van der Waals surface area contributed by atoms with Crippen molar-refractivity contribution in [1.82, 2.24) is 4.98 Å². The molecule has 0 fully saturated rings. The minimum absolute atomic E-state index is 0.0539. The maximum absolute atomic E-state index is 12.6. The third-order valence-corrected chi connectivity index (χ3v) is 6.43. The first-order valence-corrected chi connectivity index (χ1v) is 11.7. The van der Waals surface area contributed by atoms with Gasteiger partial charge in [-0.1, -0.05) is 18.2 Å². The third kappa shape index (κ3) is 5.12. The lowest BCUT2D eigenvalue weighted by Gasteiger charge is -2.08. The number of amides is 1. The summed E-state index contributed by atoms with van der Waals surface area (Å²) in [6, 6.07) is 14.4. The standard InChI is InChI=1S/C23H20N2O5S2/c1-28-17-7-14(8-18(10-17)29-2)11-31-12-16-13-32-23(24-16)25-21(26)19-9-15-5-3-4-6-20(15)30-22(19)27/h3-10,13H,11-12H2,1-2H3,(H,24,25,26). The Bertz CT molecular complexity index is 1290. The van der Waals surface area contributed by atoms with Gasteiger partial charge in [-0.2, -0.15) is 11.8 Å². The molecule has 0 saturated heterocycles. The van der Waals surface area contributed by atoms with E-state index in [-0.39, 0.29) is 5.56 Å². The maximum Gasteiger partial charge on any atom is 0.349 e. The van der Waals surface area contributed by atoms with Gasteiger partial charge in [0.05, 0.1) is 19.9 Å². The zero-order chi connectivity index (χ0) is 22.5. The van der Waals surface area contributed by atoms with Crippen LogP contribution in [-0.2, 0) is 11.5 Å². The van der Waals surface area contributed by atoms with Crippen LogP contribution in [0.3, 0.4) is 0 Å². The first kappa shape index (κ1) is 21.9. The number of methoxy groups -OCH3 is 2. The molecule has 0 unspecified atom stereocenters. The monoisotopic (exact) mass is 468 g/mol. The van der Waals surface area contributed by atoms with E-state index >= 15 is 0 Å². The molecule has 164 valence electrons. The number of nitrogens with one attached hydrogen (secondary N) is 1. The summed E-state index contributed by atoms with van der Waals surface area (Å²) in [4.78, 5) is 29.2. The van der Waals surface area contributed by atoms with E-state index in [2.05, 4.69) is 10.3 Å². The molecule has 0 aliphatic carbocycles. The average Bonchev–Trinajstić information content (AvgIpc) is 3.25. The summed E-state index contributed by atoms with van der Waals surface area (Å²) in [5.41, 5.74) is 1.63. The smallest absolute Gasteiger partial charge is 0.349 e. The summed E-state index contributed by atoms with van der Waals surface area (Å²) in [5, 5.41) is 5.69. The number of benzene rings is 2. The second-order valence-electron chi connectivity index (χ2n) is 6.80. The molecule has 1 N–H and O–H groups in total. The second-order valence-corrected chi connectivity index (χ2v) is 8.64. The van der Waals surface area contributed by atoms with Crippen LogP contribution in [0.15, 0.2) is 63.1 Å². The molecule has 4 aromatic rings. The van der Waals surface area contributed by atoms with E-state index in [9.17, 15) is 9.59 Å². The number of nitrogens with zero attached hydrogens (tertiary/aromatic N) is 1. The van der Waals surface area contributed by atoms with Gasteiger partial charge in [-0.25, -0.2) is 9.78 Å². The SMILES string of the molecule is COc1cc(CSCc2csc(NC(=O)c3cc4ccccc4oc3=O)n2)cc(OC)c1. The van der Waals surface area contributed by atoms with Gasteiger partial charge in [0.15, 0.2) is 5.13 Å². The number of anilines is 1. The van der Waals surface area contributed by atoms with Gasteiger partial charge in [-0.3, -0.25) is 10.1 Å². The van der Waals surface area contributed by atoms with E-state index in [1.165, 1.54) is 17.4 Å². The Kier molecular flexibility index (Phi) is 6.77. The number of hydrogen-bond donors (Lipinski definition) is 1. The molecular weight excluding hydrogens is 448 g/mol. The van der Waals surface area contributed by atoms with Crippen molar-refractivity contribution in [3.8, 4) is 11.5 Å². The van der Waals surface area contributed by atoms with Crippen LogP contribution in [0.4, 0.5) is 5.13 Å². The zero-order valence-electron chi connectivity index (χ0n) is 17.4. The normalized spacial score (nSPS) is 10.8. The lowest BCUT2D eigenvalue weighted by Crippen LogP contribution is -2.20. The van der Waals surface area contributed by atoms with Gasteiger partial charge in [0.1, 0.15) is 22.6 Å². The van der Waals surface area contributed by atoms with Gasteiger partial charge < -0.3 is 13.9 Å². The fourth-order valence-electron chi connectivity index (χ4n) is 3.04. The minimum atomic E-state index is -0.678. The first-order valence-electron chi connectivity index (χ1n) is 9.64. The van der Waals surface area contributed by atoms with Crippen molar-refractivity contribution in [2.24, 2.45) is 0 Å². The fraction of sp³-hybridized carbons (Fsp3) is 0.174. The van der Waals surface area contributed by atoms with Crippen LogP contribution < -0.4 is 20.4 Å². The maximum atomic E-state index is 12.6. The molecule has 7 nitrogen and oxygen atoms in total. The number of thioether (sulfide) groups is 1. The van der Waals surface area contributed by atoms with Crippen molar-refractivity contribution in [1.29, 1.82) is 0 Å². The molecular formula is C23H20N2O5S2. The summed E-state index contributed by atoms with van der Waals surface area (Å²) in [6.45, 7) is 0. The van der Waals surface area contributed by atoms with Crippen molar-refractivity contribution in [3.63, 3.8) is 0 Å². The molecule has 0 bridgehead atoms. The Morgan fingerprint density at radius 2 is 1.84 bits per heavy atom. The van der Waals surface area contributed by atoms with Crippen molar-refractivity contribution < 1.29 is 18.7 Å². The Morgan fingerprint density at radius 3 is 2.59 bits per heavy atom. The van der Waals surface area contributed by atoms with Gasteiger partial charge in [-0.15, -0.1) is 11.3 Å². The molecule has 0 spiro atoms. The molecule has 32 heavy (non-hydrogen) atoms. The number of hydrogen-bond acceptors (Lipinski definition) is 8. The number of aromatic nitrogens is 1. The molecule has 2 aromatic carbocycles. The van der Waals surface area contributed by atoms with Crippen molar-refractivity contribution in [3.05, 3.63) is 81.2 Å². The predicted molar refractivity (Wildman–Crippen MR) is 127 cm³/mol. The Labute approximate surface area is 192 Å². The molecule has 2 aromatic heterocycles. The highest BCUT2D eigenvalue weighted by atomic mass is 32.2. The highest BCUT2D eigenvalue weighted by Gasteiger charge is 2.15. The molecule has 0 atom stereocenters. The van der Waals surface area contributed by atoms with Crippen LogP contribution in [0.5, 0.6) is 11.5 Å². The van der Waals surface area contributed by atoms with Crippen molar-refractivity contribution >= 4 is 45.1 Å². The van der Waals surface area contributed by atoms with E-state index in [1.807, 2.05) is 29.6 Å². The molecule has 9 heteroatoms. The summed E-state index contributed by atoms with van der Waals surface area (Å²) in [7, 11) is 3.25. The molecule has 0 aliphatic heterocycles. The van der Waals surface area contributed by atoms with Gasteiger partial charge in [0.25, 0.3) is 5.91 Å². The highest BCUT2D eigenvalue weighted by molar-refractivity contribution is 7.97. The van der Waals surface area contributed by atoms with Crippen LogP contribution in [0, 0.1) is 0 Å². The second kappa shape index (κ2) is 9.88. The van der Waals surface area contributed by atoms with E-state index in [1.54, 1.807) is 44.2 Å². The van der Waals surface area contributed by atoms with E-state index in [4.69, 9.17) is 13.9 Å². The topological polar surface area (TPSA) is 90.7 Å². The summed E-state index contributed by atoms with van der Waals surface area (Å²) in [6.07, 6.45) is 0. The number of carbonyl (C=O) groups excluding carboxylic acids is 1. The van der Waals surface area contributed by atoms with E-state index in [0.29, 0.717) is 21.9 Å². The van der Waals surface area contributed by atoms with E-state index < -0.39 is 11.5 Å². The Hall–Kier alpha value is -3.30. The van der Waals surface area contributed by atoms with Crippen molar-refractivity contribution in [2.45, 2.75) is 11.5 Å². The molecule has 0 saturated carbocycles. The van der Waals surface area contributed by atoms with Crippen LogP contribution >= 0.6 is 23.1 Å². The minimum Gasteiger partial charge on any atom is -0.497 e. The van der Waals surface area contributed by atoms with Crippen LogP contribution in [0.25, 0.3) is 11.0 Å². The summed E-state index contributed by atoms with van der Waals surface area (Å²) in [5.74, 6) is 2.38. The Morgan fingerprint density at radius 1 is 1.09 bits per heavy atom. The average molecular weight is 469 g/mol. The van der Waals surface area contributed by atoms with Gasteiger partial charge in [0.2, 0.25) is 0 Å². The van der Waals surface area contributed by atoms with Gasteiger partial charge in [0, 0.05) is 28.3 Å². The quantitative estimate of drug-likeness (QED) is 0.366. The lowest BCUT2D eigenvalue weighted by molar-refractivity contribution is 0.102. The van der Waals surface area contributed by atoms with E-state index in [0.717, 1.165) is 28.5 Å². The largest absolute Gasteiger partial charge is 0.497 e. The molecule has 1 amide bonds. The Balaban J connectivity index is 1.38. The van der Waals surface area contributed by atoms with Crippen LogP contribution in [0.1, 0.15) is 21.6 Å². The predicted octanol–water partition coefficient (Wildman–Crippen LogP) is 4.95. The molecule has 0 aliphatic rings. The number of rotatable bonds is 8. The fourth-order valence-corrected chi connectivity index (χ4v) is 4.71. The van der Waals surface area contributed by atoms with Crippen LogP contribution in [-0.4, -0.2) is 25.1 Å². The van der Waals surface area contributed by atoms with Crippen LogP contribution in [0.2, 0.25) is 0 Å². The number of para-hydroxylation sites is 1. The van der Waals surface area contributed by atoms with Crippen molar-refractivity contribution in [2.75, 3.05) is 19.5 Å². The van der Waals surface area contributed by atoms with Gasteiger partial charge in [-0.05, 0) is 29.8 Å². The molecule has 4 rings (SSSR count). The van der Waals surface area contributed by atoms with Gasteiger partial charge >= 0.3 is 5.63 Å². The number of fused-ring (bicyclic) bond motifs is 1. The summed E-state index contributed by atoms with van der Waals surface area (Å²) < 4.78 is 15.8. The number of carbonyl (C=O) groups is 1. The number of thiazole rings is 1.